The van der Waals surface area contributed by atoms with Crippen LogP contribution in [0.4, 0.5) is 10.3 Å². The molecule has 0 aliphatic carbocycles. The van der Waals surface area contributed by atoms with Crippen molar-refractivity contribution in [3.63, 3.8) is 0 Å². The molecule has 2 aromatic rings. The Labute approximate surface area is 170 Å². The quantitative estimate of drug-likeness (QED) is 0.722. The predicted molar refractivity (Wildman–Crippen MR) is 108 cm³/mol. The molecule has 0 bridgehead atoms. The molecule has 1 fully saturated rings. The summed E-state index contributed by atoms with van der Waals surface area (Å²) in [7, 11) is -3.61. The van der Waals surface area contributed by atoms with Crippen LogP contribution in [0.1, 0.15) is 35.8 Å². The summed E-state index contributed by atoms with van der Waals surface area (Å²) in [5.41, 5.74) is 0.867. The highest BCUT2D eigenvalue weighted by molar-refractivity contribution is 7.91. The Kier molecular flexibility index (Phi) is 6.46. The van der Waals surface area contributed by atoms with Gasteiger partial charge in [-0.25, -0.2) is 22.8 Å². The topological polar surface area (TPSA) is 92.3 Å². The maximum atomic E-state index is 13.0. The second-order valence-corrected chi connectivity index (χ2v) is 9.48. The summed E-state index contributed by atoms with van der Waals surface area (Å²) < 4.78 is 37.5. The van der Waals surface area contributed by atoms with Gasteiger partial charge in [0.1, 0.15) is 5.82 Å². The number of anilines is 1. The van der Waals surface area contributed by atoms with Crippen LogP contribution in [0.2, 0.25) is 0 Å². The number of piperidine rings is 1. The van der Waals surface area contributed by atoms with Crippen molar-refractivity contribution in [3.8, 4) is 0 Å². The Balaban J connectivity index is 1.58. The zero-order chi connectivity index (χ0) is 21.0. The zero-order valence-electron chi connectivity index (χ0n) is 16.6. The molecule has 1 aliphatic heterocycles. The minimum Gasteiger partial charge on any atom is -0.351 e. The molecular formula is C20H25FN4O3S. The van der Waals surface area contributed by atoms with Gasteiger partial charge >= 0.3 is 0 Å². The highest BCUT2D eigenvalue weighted by atomic mass is 32.2. The number of aromatic nitrogens is 2. The molecule has 1 aromatic carbocycles. The fourth-order valence-electron chi connectivity index (χ4n) is 3.19. The highest BCUT2D eigenvalue weighted by Crippen LogP contribution is 2.20. The van der Waals surface area contributed by atoms with E-state index in [2.05, 4.69) is 27.1 Å². The van der Waals surface area contributed by atoms with Crippen LogP contribution in [0.15, 0.2) is 35.4 Å². The third-order valence-corrected chi connectivity index (χ3v) is 6.84. The maximum Gasteiger partial charge on any atom is 0.254 e. The molecule has 0 saturated carbocycles. The van der Waals surface area contributed by atoms with Crippen LogP contribution in [-0.2, 0) is 9.84 Å². The molecule has 1 aromatic heterocycles. The fraction of sp³-hybridized carbons (Fsp3) is 0.450. The first-order valence-corrected chi connectivity index (χ1v) is 11.3. The monoisotopic (exact) mass is 420 g/mol. The lowest BCUT2D eigenvalue weighted by Gasteiger charge is -2.30. The molecule has 1 aliphatic rings. The number of rotatable bonds is 6. The Hall–Kier alpha value is -2.55. The molecule has 0 radical (unpaired) electrons. The third kappa shape index (κ3) is 5.29. The second kappa shape index (κ2) is 8.86. The first-order valence-electron chi connectivity index (χ1n) is 9.61. The number of carbonyl (C=O) groups is 1. The van der Waals surface area contributed by atoms with Crippen molar-refractivity contribution in [1.29, 1.82) is 0 Å². The van der Waals surface area contributed by atoms with Crippen molar-refractivity contribution in [1.82, 2.24) is 15.3 Å². The Morgan fingerprint density at radius 1 is 1.24 bits per heavy atom. The van der Waals surface area contributed by atoms with Gasteiger partial charge in [-0.2, -0.15) is 0 Å². The third-order valence-electron chi connectivity index (χ3n) is 5.11. The van der Waals surface area contributed by atoms with Crippen molar-refractivity contribution in [3.05, 3.63) is 47.5 Å². The van der Waals surface area contributed by atoms with Gasteiger partial charge in [-0.15, -0.1) is 0 Å². The van der Waals surface area contributed by atoms with Gasteiger partial charge in [-0.3, -0.25) is 4.79 Å². The number of hydrogen-bond acceptors (Lipinski definition) is 6. The van der Waals surface area contributed by atoms with Gasteiger partial charge in [0, 0.05) is 25.8 Å². The summed E-state index contributed by atoms with van der Waals surface area (Å²) in [6.07, 6.45) is 3.67. The summed E-state index contributed by atoms with van der Waals surface area (Å²) in [5.74, 6) is 0.105. The fourth-order valence-corrected chi connectivity index (χ4v) is 4.35. The molecule has 0 spiro atoms. The van der Waals surface area contributed by atoms with Gasteiger partial charge in [0.15, 0.2) is 9.84 Å². The van der Waals surface area contributed by atoms with E-state index in [1.807, 2.05) is 0 Å². The van der Waals surface area contributed by atoms with Gasteiger partial charge in [0.05, 0.1) is 21.9 Å². The van der Waals surface area contributed by atoms with E-state index in [0.29, 0.717) is 23.1 Å². The minimum absolute atomic E-state index is 0.0212. The van der Waals surface area contributed by atoms with E-state index in [4.69, 9.17) is 0 Å². The smallest absolute Gasteiger partial charge is 0.254 e. The standard InChI is InChI=1S/C20H25FN4O3S/c1-14-7-10-25(11-8-14)20-23-13-18(15(2)24-20)19(26)22-9-12-29(27,28)17-5-3-16(21)4-6-17/h3-6,13-14H,7-12H2,1-2H3,(H,22,26). The van der Waals surface area contributed by atoms with Gasteiger partial charge in [0.2, 0.25) is 5.95 Å². The normalized spacial score (nSPS) is 15.3. The molecule has 156 valence electrons. The number of amides is 1. The number of carbonyl (C=O) groups excluding carboxylic acids is 1. The lowest BCUT2D eigenvalue weighted by molar-refractivity contribution is 0.0954. The molecular weight excluding hydrogens is 395 g/mol. The SMILES string of the molecule is Cc1nc(N2CCC(C)CC2)ncc1C(=O)NCCS(=O)(=O)c1ccc(F)cc1. The van der Waals surface area contributed by atoms with Gasteiger partial charge in [-0.05, 0) is 49.9 Å². The second-order valence-electron chi connectivity index (χ2n) is 7.37. The van der Waals surface area contributed by atoms with Crippen LogP contribution in [-0.4, -0.2) is 49.7 Å². The van der Waals surface area contributed by atoms with E-state index in [1.165, 1.54) is 18.3 Å². The highest BCUT2D eigenvalue weighted by Gasteiger charge is 2.20. The molecule has 0 unspecified atom stereocenters. The lowest BCUT2D eigenvalue weighted by Crippen LogP contribution is -2.34. The first-order chi connectivity index (χ1) is 13.8. The average molecular weight is 421 g/mol. The molecule has 0 atom stereocenters. The lowest BCUT2D eigenvalue weighted by atomic mass is 10.00. The number of nitrogens with zero attached hydrogens (tertiary/aromatic N) is 3. The van der Waals surface area contributed by atoms with E-state index < -0.39 is 21.6 Å². The molecule has 1 saturated heterocycles. The molecule has 2 heterocycles. The maximum absolute atomic E-state index is 13.0. The summed E-state index contributed by atoms with van der Waals surface area (Å²) in [4.78, 5) is 23.3. The Bertz CT molecular complexity index is 972. The molecule has 29 heavy (non-hydrogen) atoms. The van der Waals surface area contributed by atoms with E-state index in [0.717, 1.165) is 38.1 Å². The van der Waals surface area contributed by atoms with Crippen LogP contribution in [0, 0.1) is 18.7 Å². The van der Waals surface area contributed by atoms with Crippen LogP contribution >= 0.6 is 0 Å². The minimum atomic E-state index is -3.61. The van der Waals surface area contributed by atoms with Gasteiger partial charge in [-0.1, -0.05) is 6.92 Å². The zero-order valence-corrected chi connectivity index (χ0v) is 17.4. The molecule has 1 N–H and O–H groups in total. The summed E-state index contributed by atoms with van der Waals surface area (Å²) in [6, 6.07) is 4.61. The summed E-state index contributed by atoms with van der Waals surface area (Å²) in [5, 5.41) is 2.60. The Morgan fingerprint density at radius 3 is 2.52 bits per heavy atom. The predicted octanol–water partition coefficient (Wildman–Crippen LogP) is 2.36. The Morgan fingerprint density at radius 2 is 1.90 bits per heavy atom. The van der Waals surface area contributed by atoms with Gasteiger partial charge in [0.25, 0.3) is 5.91 Å². The van der Waals surface area contributed by atoms with E-state index >= 15 is 0 Å². The molecule has 9 heteroatoms. The van der Waals surface area contributed by atoms with E-state index in [-0.39, 0.29) is 17.2 Å². The van der Waals surface area contributed by atoms with Crippen LogP contribution in [0.5, 0.6) is 0 Å². The van der Waals surface area contributed by atoms with Crippen molar-refractivity contribution < 1.29 is 17.6 Å². The van der Waals surface area contributed by atoms with E-state index in [1.54, 1.807) is 6.92 Å². The largest absolute Gasteiger partial charge is 0.351 e. The summed E-state index contributed by atoms with van der Waals surface area (Å²) >= 11 is 0. The molecule has 3 rings (SSSR count). The number of nitrogens with one attached hydrogen (secondary N) is 1. The van der Waals surface area contributed by atoms with Crippen LogP contribution in [0.3, 0.4) is 0 Å². The summed E-state index contributed by atoms with van der Waals surface area (Å²) in [6.45, 7) is 5.69. The number of halogens is 1. The molecule has 7 nitrogen and oxygen atoms in total. The van der Waals surface area contributed by atoms with Crippen molar-refractivity contribution >= 4 is 21.7 Å². The number of benzene rings is 1. The van der Waals surface area contributed by atoms with Crippen molar-refractivity contribution in [2.75, 3.05) is 30.3 Å². The average Bonchev–Trinajstić information content (AvgIpc) is 2.68. The number of hydrogen-bond donors (Lipinski definition) is 1. The van der Waals surface area contributed by atoms with Crippen molar-refractivity contribution in [2.24, 2.45) is 5.92 Å². The van der Waals surface area contributed by atoms with Crippen molar-refractivity contribution in [2.45, 2.75) is 31.6 Å². The van der Waals surface area contributed by atoms with Gasteiger partial charge < -0.3 is 10.2 Å². The number of sulfone groups is 1. The van der Waals surface area contributed by atoms with Crippen LogP contribution in [0.25, 0.3) is 0 Å². The molecule has 1 amide bonds. The van der Waals surface area contributed by atoms with Crippen LogP contribution < -0.4 is 10.2 Å². The van der Waals surface area contributed by atoms with E-state index in [9.17, 15) is 17.6 Å². The first kappa shape index (κ1) is 21.2. The number of aryl methyl sites for hydroxylation is 1.